The van der Waals surface area contributed by atoms with E-state index in [1.807, 2.05) is 0 Å². The molecule has 50 valence electrons. The van der Waals surface area contributed by atoms with Gasteiger partial charge in [0, 0.05) is 20.8 Å². The first-order valence-electron chi connectivity index (χ1n) is 3.25. The Hall–Kier alpha value is -0.810. The van der Waals surface area contributed by atoms with Gasteiger partial charge in [0.05, 0.1) is 5.52 Å². The van der Waals surface area contributed by atoms with Crippen LogP contribution < -0.4 is 0 Å². The molecule has 0 N–H and O–H groups in total. The van der Waals surface area contributed by atoms with Crippen LogP contribution in [0.15, 0.2) is 30.1 Å². The Bertz CT molecular complexity index is 351. The van der Waals surface area contributed by atoms with Crippen LogP contribution in [0.1, 0.15) is 0 Å². The first kappa shape index (κ1) is 5.94. The molecule has 0 unspecified atom stereocenters. The van der Waals surface area contributed by atoms with Crippen molar-refractivity contribution in [1.82, 2.24) is 4.33 Å². The molecule has 1 heterocycles. The summed E-state index contributed by atoms with van der Waals surface area (Å²) in [6.07, 6.45) is 0. The van der Waals surface area contributed by atoms with Crippen LogP contribution >= 0.6 is 8.35 Å². The highest BCUT2D eigenvalue weighted by atomic mass is 31.0. The summed E-state index contributed by atoms with van der Waals surface area (Å²) >= 11 is 0. The van der Waals surface area contributed by atoms with Gasteiger partial charge in [0.2, 0.25) is 0 Å². The summed E-state index contributed by atoms with van der Waals surface area (Å²) in [6.45, 7) is 0. The maximum absolute atomic E-state index is 2.22. The molecule has 1 nitrogen and oxygen atoms in total. The SMILES string of the molecule is Cn1pcc2ccccc21. The minimum absolute atomic E-state index is 1.28. The van der Waals surface area contributed by atoms with E-state index < -0.39 is 0 Å². The van der Waals surface area contributed by atoms with E-state index >= 15 is 0 Å². The van der Waals surface area contributed by atoms with E-state index in [4.69, 9.17) is 0 Å². The van der Waals surface area contributed by atoms with Crippen molar-refractivity contribution in [3.63, 3.8) is 0 Å². The van der Waals surface area contributed by atoms with Crippen molar-refractivity contribution in [2.75, 3.05) is 0 Å². The second-order valence-corrected chi connectivity index (χ2v) is 3.42. The fourth-order valence-corrected chi connectivity index (χ4v) is 1.92. The lowest BCUT2D eigenvalue weighted by Gasteiger charge is -1.91. The Balaban J connectivity index is 2.93. The lowest BCUT2D eigenvalue weighted by Crippen LogP contribution is -1.77. The summed E-state index contributed by atoms with van der Waals surface area (Å²) in [5.41, 5.74) is 1.34. The maximum Gasteiger partial charge on any atom is 0.0516 e. The first-order valence-corrected chi connectivity index (χ1v) is 4.16. The standard InChI is InChI=1S/C8H8NP/c1-9-8-5-3-2-4-7(8)6-10-9/h2-6H,1H3. The summed E-state index contributed by atoms with van der Waals surface area (Å²) < 4.78 is 2.22. The zero-order valence-electron chi connectivity index (χ0n) is 5.78. The van der Waals surface area contributed by atoms with E-state index in [9.17, 15) is 0 Å². The molecule has 2 aromatic rings. The Morgan fingerprint density at radius 3 is 2.90 bits per heavy atom. The van der Waals surface area contributed by atoms with E-state index in [-0.39, 0.29) is 0 Å². The van der Waals surface area contributed by atoms with Crippen molar-refractivity contribution in [2.45, 2.75) is 0 Å². The largest absolute Gasteiger partial charge is 0.327 e. The maximum atomic E-state index is 2.22. The van der Waals surface area contributed by atoms with Crippen LogP contribution in [0.25, 0.3) is 10.9 Å². The van der Waals surface area contributed by atoms with Gasteiger partial charge in [0.1, 0.15) is 0 Å². The molecule has 1 aromatic carbocycles. The third-order valence-electron chi connectivity index (χ3n) is 1.66. The molecule has 1 aromatic heterocycles. The Morgan fingerprint density at radius 2 is 2.10 bits per heavy atom. The van der Waals surface area contributed by atoms with Crippen molar-refractivity contribution in [2.24, 2.45) is 7.05 Å². The molecule has 0 aliphatic rings. The number of rotatable bonds is 0. The monoisotopic (exact) mass is 149 g/mol. The lowest BCUT2D eigenvalue weighted by molar-refractivity contribution is 1.08. The topological polar surface area (TPSA) is 4.93 Å². The normalized spacial score (nSPS) is 11.3. The molecule has 2 heteroatoms. The fourth-order valence-electron chi connectivity index (χ4n) is 1.10. The summed E-state index contributed by atoms with van der Waals surface area (Å²) in [5, 5.41) is 1.35. The highest BCUT2D eigenvalue weighted by Crippen LogP contribution is 2.20. The third kappa shape index (κ3) is 0.748. The van der Waals surface area contributed by atoms with Crippen LogP contribution in [-0.2, 0) is 7.05 Å². The zero-order chi connectivity index (χ0) is 6.97. The van der Waals surface area contributed by atoms with Crippen molar-refractivity contribution in [1.29, 1.82) is 0 Å². The van der Waals surface area contributed by atoms with Gasteiger partial charge >= 0.3 is 0 Å². The molecule has 0 saturated carbocycles. The van der Waals surface area contributed by atoms with Gasteiger partial charge in [-0.2, -0.15) is 0 Å². The second kappa shape index (κ2) is 2.10. The van der Waals surface area contributed by atoms with Crippen LogP contribution in [0.3, 0.4) is 0 Å². The molecular weight excluding hydrogens is 141 g/mol. The molecule has 0 aliphatic heterocycles. The fraction of sp³-hybridized carbons (Fsp3) is 0.125. The van der Waals surface area contributed by atoms with Gasteiger partial charge in [-0.1, -0.05) is 18.2 Å². The van der Waals surface area contributed by atoms with E-state index in [1.54, 1.807) is 0 Å². The molecule has 0 amide bonds. The molecule has 10 heavy (non-hydrogen) atoms. The number of para-hydroxylation sites is 1. The summed E-state index contributed by atoms with van der Waals surface area (Å²) in [4.78, 5) is 0. The predicted octanol–water partition coefficient (Wildman–Crippen LogP) is 2.76. The van der Waals surface area contributed by atoms with Crippen molar-refractivity contribution in [3.05, 3.63) is 30.1 Å². The number of benzene rings is 1. The smallest absolute Gasteiger partial charge is 0.0516 e. The number of hydrogen-bond donors (Lipinski definition) is 0. The van der Waals surface area contributed by atoms with E-state index in [0.717, 1.165) is 0 Å². The number of hydrogen-bond acceptors (Lipinski definition) is 0. The van der Waals surface area contributed by atoms with E-state index in [1.165, 1.54) is 19.3 Å². The summed E-state index contributed by atoms with van der Waals surface area (Å²) in [7, 11) is 3.38. The van der Waals surface area contributed by atoms with E-state index in [2.05, 4.69) is 41.4 Å². The average Bonchev–Trinajstić information content (AvgIpc) is 2.34. The molecular formula is C8H8NP. The summed E-state index contributed by atoms with van der Waals surface area (Å²) in [6, 6.07) is 8.44. The van der Waals surface area contributed by atoms with Crippen molar-refractivity contribution < 1.29 is 0 Å². The van der Waals surface area contributed by atoms with Gasteiger partial charge < -0.3 is 4.33 Å². The second-order valence-electron chi connectivity index (χ2n) is 2.33. The molecule has 0 spiro atoms. The zero-order valence-corrected chi connectivity index (χ0v) is 6.68. The highest BCUT2D eigenvalue weighted by molar-refractivity contribution is 7.26. The minimum Gasteiger partial charge on any atom is -0.327 e. The minimum atomic E-state index is 1.28. The first-order chi connectivity index (χ1) is 4.88. The van der Waals surface area contributed by atoms with Gasteiger partial charge in [-0.3, -0.25) is 0 Å². The molecule has 2 rings (SSSR count). The van der Waals surface area contributed by atoms with Gasteiger partial charge in [0.15, 0.2) is 0 Å². The summed E-state index contributed by atoms with van der Waals surface area (Å²) in [5.74, 6) is 2.22. The Kier molecular flexibility index (Phi) is 1.25. The van der Waals surface area contributed by atoms with Gasteiger partial charge in [0.25, 0.3) is 0 Å². The third-order valence-corrected chi connectivity index (χ3v) is 2.61. The van der Waals surface area contributed by atoms with Crippen LogP contribution in [0.5, 0.6) is 0 Å². The number of nitrogens with zero attached hydrogens (tertiary/aromatic N) is 1. The number of aryl methyl sites for hydroxylation is 1. The van der Waals surface area contributed by atoms with Gasteiger partial charge in [-0.25, -0.2) is 0 Å². The molecule has 0 saturated heterocycles. The van der Waals surface area contributed by atoms with Gasteiger partial charge in [-0.05, 0) is 11.9 Å². The number of fused-ring (bicyclic) bond motifs is 1. The van der Waals surface area contributed by atoms with Crippen LogP contribution in [0, 0.1) is 0 Å². The molecule has 0 aliphatic carbocycles. The van der Waals surface area contributed by atoms with Crippen molar-refractivity contribution >= 4 is 19.3 Å². The predicted molar refractivity (Wildman–Crippen MR) is 45.4 cm³/mol. The van der Waals surface area contributed by atoms with Gasteiger partial charge in [-0.15, -0.1) is 0 Å². The van der Waals surface area contributed by atoms with Crippen molar-refractivity contribution in [3.8, 4) is 0 Å². The molecule has 0 fully saturated rings. The highest BCUT2D eigenvalue weighted by Gasteiger charge is 1.93. The molecule has 0 radical (unpaired) electrons. The molecule has 0 bridgehead atoms. The molecule has 0 atom stereocenters. The number of aromatic nitrogens is 1. The van der Waals surface area contributed by atoms with E-state index in [0.29, 0.717) is 0 Å². The quantitative estimate of drug-likeness (QED) is 0.542. The Morgan fingerprint density at radius 1 is 1.30 bits per heavy atom. The Labute approximate surface area is 61.5 Å². The van der Waals surface area contributed by atoms with Crippen LogP contribution in [-0.4, -0.2) is 4.33 Å². The average molecular weight is 149 g/mol. The van der Waals surface area contributed by atoms with Crippen LogP contribution in [0.2, 0.25) is 0 Å². The lowest BCUT2D eigenvalue weighted by atomic mass is 10.3. The van der Waals surface area contributed by atoms with Crippen LogP contribution in [0.4, 0.5) is 0 Å².